The van der Waals surface area contributed by atoms with E-state index in [1.165, 1.54) is 5.56 Å². The van der Waals surface area contributed by atoms with Crippen LogP contribution in [0.4, 0.5) is 0 Å². The van der Waals surface area contributed by atoms with Gasteiger partial charge in [-0.1, -0.05) is 18.2 Å². The van der Waals surface area contributed by atoms with E-state index in [-0.39, 0.29) is 5.91 Å². The number of nitrogens with zero attached hydrogens (tertiary/aromatic N) is 4. The number of nitriles is 1. The van der Waals surface area contributed by atoms with Gasteiger partial charge in [-0.15, -0.1) is 0 Å². The summed E-state index contributed by atoms with van der Waals surface area (Å²) >= 11 is 0. The SMILES string of the molecule is N#Cc1ccc(/C=C/C(=O)N2CCN(Cc3cccnc3)CC2)cc1. The van der Waals surface area contributed by atoms with E-state index in [1.54, 1.807) is 30.5 Å². The molecule has 0 atom stereocenters. The molecule has 25 heavy (non-hydrogen) atoms. The Morgan fingerprint density at radius 3 is 2.56 bits per heavy atom. The number of carbonyl (C=O) groups excluding carboxylic acids is 1. The average Bonchev–Trinajstić information content (AvgIpc) is 2.68. The molecule has 0 N–H and O–H groups in total. The molecule has 1 aromatic heterocycles. The molecule has 2 heterocycles. The van der Waals surface area contributed by atoms with Crippen LogP contribution in [-0.2, 0) is 11.3 Å². The smallest absolute Gasteiger partial charge is 0.246 e. The molecule has 0 spiro atoms. The molecule has 1 saturated heterocycles. The van der Waals surface area contributed by atoms with Crippen molar-refractivity contribution in [3.63, 3.8) is 0 Å². The zero-order chi connectivity index (χ0) is 17.5. The van der Waals surface area contributed by atoms with E-state index in [9.17, 15) is 4.79 Å². The Morgan fingerprint density at radius 1 is 1.16 bits per heavy atom. The summed E-state index contributed by atoms with van der Waals surface area (Å²) in [6, 6.07) is 13.3. The van der Waals surface area contributed by atoms with Crippen molar-refractivity contribution in [3.8, 4) is 6.07 Å². The first kappa shape index (κ1) is 16.9. The largest absolute Gasteiger partial charge is 0.337 e. The number of hydrogen-bond acceptors (Lipinski definition) is 4. The van der Waals surface area contributed by atoms with Crippen LogP contribution in [0.1, 0.15) is 16.7 Å². The third-order valence-electron chi connectivity index (χ3n) is 4.27. The predicted octanol–water partition coefficient (Wildman–Crippen LogP) is 2.31. The van der Waals surface area contributed by atoms with E-state index in [1.807, 2.05) is 29.3 Å². The molecule has 1 amide bonds. The van der Waals surface area contributed by atoms with Gasteiger partial charge in [0, 0.05) is 51.2 Å². The van der Waals surface area contributed by atoms with Crippen LogP contribution in [-0.4, -0.2) is 46.9 Å². The quantitative estimate of drug-likeness (QED) is 0.806. The zero-order valence-electron chi connectivity index (χ0n) is 14.0. The first-order valence-corrected chi connectivity index (χ1v) is 8.33. The summed E-state index contributed by atoms with van der Waals surface area (Å²) in [6.45, 7) is 4.07. The maximum atomic E-state index is 12.3. The minimum absolute atomic E-state index is 0.0328. The van der Waals surface area contributed by atoms with Crippen molar-refractivity contribution in [2.24, 2.45) is 0 Å². The molecular weight excluding hydrogens is 312 g/mol. The van der Waals surface area contributed by atoms with Gasteiger partial charge in [0.05, 0.1) is 11.6 Å². The summed E-state index contributed by atoms with van der Waals surface area (Å²) in [5.41, 5.74) is 2.73. The standard InChI is InChI=1S/C20H20N4O/c21-14-18-5-3-17(4-6-18)7-8-20(25)24-12-10-23(11-13-24)16-19-2-1-9-22-15-19/h1-9,15H,10-13,16H2/b8-7+. The molecule has 5 nitrogen and oxygen atoms in total. The van der Waals surface area contributed by atoms with Crippen molar-refractivity contribution in [1.29, 1.82) is 5.26 Å². The number of pyridine rings is 1. The number of aromatic nitrogens is 1. The third kappa shape index (κ3) is 4.75. The molecule has 1 aromatic carbocycles. The van der Waals surface area contributed by atoms with Crippen molar-refractivity contribution in [2.45, 2.75) is 6.54 Å². The van der Waals surface area contributed by atoms with Gasteiger partial charge in [0.15, 0.2) is 0 Å². The lowest BCUT2D eigenvalue weighted by Gasteiger charge is -2.34. The van der Waals surface area contributed by atoms with Gasteiger partial charge in [-0.25, -0.2) is 0 Å². The summed E-state index contributed by atoms with van der Waals surface area (Å²) < 4.78 is 0. The van der Waals surface area contributed by atoms with E-state index in [0.717, 1.165) is 38.3 Å². The summed E-state index contributed by atoms with van der Waals surface area (Å²) in [6.07, 6.45) is 7.07. The molecular formula is C20H20N4O. The maximum absolute atomic E-state index is 12.3. The Labute approximate surface area is 147 Å². The van der Waals surface area contributed by atoms with E-state index in [2.05, 4.69) is 22.0 Å². The fraction of sp³-hybridized carbons (Fsp3) is 0.250. The van der Waals surface area contributed by atoms with E-state index in [0.29, 0.717) is 5.56 Å². The number of rotatable bonds is 4. The highest BCUT2D eigenvalue weighted by Crippen LogP contribution is 2.09. The van der Waals surface area contributed by atoms with Crippen LogP contribution in [0.2, 0.25) is 0 Å². The molecule has 0 bridgehead atoms. The molecule has 1 aliphatic rings. The van der Waals surface area contributed by atoms with Crippen LogP contribution >= 0.6 is 0 Å². The van der Waals surface area contributed by atoms with Crippen molar-refractivity contribution in [3.05, 3.63) is 71.6 Å². The molecule has 1 fully saturated rings. The van der Waals surface area contributed by atoms with Crippen LogP contribution in [0.5, 0.6) is 0 Å². The minimum atomic E-state index is 0.0328. The highest BCUT2D eigenvalue weighted by molar-refractivity contribution is 5.91. The van der Waals surface area contributed by atoms with Gasteiger partial charge >= 0.3 is 0 Å². The molecule has 0 saturated carbocycles. The van der Waals surface area contributed by atoms with Gasteiger partial charge in [-0.3, -0.25) is 14.7 Å². The molecule has 0 unspecified atom stereocenters. The summed E-state index contributed by atoms with van der Waals surface area (Å²) in [5, 5.41) is 8.80. The van der Waals surface area contributed by atoms with Gasteiger partial charge in [-0.2, -0.15) is 5.26 Å². The second-order valence-electron chi connectivity index (χ2n) is 6.03. The monoisotopic (exact) mass is 332 g/mol. The lowest BCUT2D eigenvalue weighted by atomic mass is 10.1. The van der Waals surface area contributed by atoms with E-state index >= 15 is 0 Å². The van der Waals surface area contributed by atoms with Crippen LogP contribution in [0, 0.1) is 11.3 Å². The average molecular weight is 332 g/mol. The number of carbonyl (C=O) groups is 1. The van der Waals surface area contributed by atoms with Gasteiger partial charge < -0.3 is 4.90 Å². The Morgan fingerprint density at radius 2 is 1.92 bits per heavy atom. The highest BCUT2D eigenvalue weighted by Gasteiger charge is 2.19. The fourth-order valence-electron chi connectivity index (χ4n) is 2.82. The molecule has 1 aliphatic heterocycles. The summed E-state index contributed by atoms with van der Waals surface area (Å²) in [4.78, 5) is 20.7. The summed E-state index contributed by atoms with van der Waals surface area (Å²) in [5.74, 6) is 0.0328. The fourth-order valence-corrected chi connectivity index (χ4v) is 2.82. The lowest BCUT2D eigenvalue weighted by molar-refractivity contribution is -0.127. The Hall–Kier alpha value is -2.97. The van der Waals surface area contributed by atoms with Crippen molar-refractivity contribution in [1.82, 2.24) is 14.8 Å². The number of piperazine rings is 1. The second-order valence-corrected chi connectivity index (χ2v) is 6.03. The van der Waals surface area contributed by atoms with Gasteiger partial charge in [0.1, 0.15) is 0 Å². The molecule has 0 radical (unpaired) electrons. The molecule has 2 aromatic rings. The number of amides is 1. The van der Waals surface area contributed by atoms with Crippen LogP contribution < -0.4 is 0 Å². The number of benzene rings is 1. The summed E-state index contributed by atoms with van der Waals surface area (Å²) in [7, 11) is 0. The Balaban J connectivity index is 1.49. The third-order valence-corrected chi connectivity index (χ3v) is 4.27. The lowest BCUT2D eigenvalue weighted by Crippen LogP contribution is -2.47. The highest BCUT2D eigenvalue weighted by atomic mass is 16.2. The Kier molecular flexibility index (Phi) is 5.55. The minimum Gasteiger partial charge on any atom is -0.337 e. The first-order chi connectivity index (χ1) is 12.2. The van der Waals surface area contributed by atoms with E-state index in [4.69, 9.17) is 5.26 Å². The normalized spacial score (nSPS) is 15.2. The second kappa shape index (κ2) is 8.22. The molecule has 0 aliphatic carbocycles. The van der Waals surface area contributed by atoms with Crippen LogP contribution in [0.25, 0.3) is 6.08 Å². The van der Waals surface area contributed by atoms with Crippen molar-refractivity contribution in [2.75, 3.05) is 26.2 Å². The molecule has 126 valence electrons. The van der Waals surface area contributed by atoms with Crippen molar-refractivity contribution < 1.29 is 4.79 Å². The van der Waals surface area contributed by atoms with E-state index < -0.39 is 0 Å². The van der Waals surface area contributed by atoms with Crippen molar-refractivity contribution >= 4 is 12.0 Å². The van der Waals surface area contributed by atoms with Crippen LogP contribution in [0.15, 0.2) is 54.9 Å². The molecule has 3 rings (SSSR count). The van der Waals surface area contributed by atoms with Gasteiger partial charge in [0.25, 0.3) is 0 Å². The Bertz CT molecular complexity index is 770. The number of hydrogen-bond donors (Lipinski definition) is 0. The molecule has 5 heteroatoms. The topological polar surface area (TPSA) is 60.2 Å². The van der Waals surface area contributed by atoms with Gasteiger partial charge in [-0.05, 0) is 35.4 Å². The maximum Gasteiger partial charge on any atom is 0.246 e. The van der Waals surface area contributed by atoms with Gasteiger partial charge in [0.2, 0.25) is 5.91 Å². The first-order valence-electron chi connectivity index (χ1n) is 8.33. The zero-order valence-corrected chi connectivity index (χ0v) is 14.0. The van der Waals surface area contributed by atoms with Crippen LogP contribution in [0.3, 0.4) is 0 Å². The predicted molar refractivity (Wildman–Crippen MR) is 96.3 cm³/mol.